The second-order valence-corrected chi connectivity index (χ2v) is 11.8. The fourth-order valence-electron chi connectivity index (χ4n) is 7.52. The van der Waals surface area contributed by atoms with Crippen LogP contribution in [0.4, 0.5) is 0 Å². The summed E-state index contributed by atoms with van der Waals surface area (Å²) in [6, 6.07) is 2.88. The number of hydrogen-bond acceptors (Lipinski definition) is 8. The lowest BCUT2D eigenvalue weighted by molar-refractivity contribution is -0.205. The van der Waals surface area contributed by atoms with E-state index in [1.54, 1.807) is 32.9 Å². The third-order valence-corrected chi connectivity index (χ3v) is 8.80. The summed E-state index contributed by atoms with van der Waals surface area (Å²) in [5.74, 6) is -9.48. The van der Waals surface area contributed by atoms with Crippen LogP contribution in [0.25, 0.3) is 6.08 Å². The lowest BCUT2D eigenvalue weighted by atomic mass is 9.40. The highest BCUT2D eigenvalue weighted by molar-refractivity contribution is 6.32. The van der Waals surface area contributed by atoms with Crippen molar-refractivity contribution < 1.29 is 39.0 Å². The van der Waals surface area contributed by atoms with Gasteiger partial charge in [-0.25, -0.2) is 0 Å². The van der Waals surface area contributed by atoms with Crippen molar-refractivity contribution >= 4 is 40.8 Å². The van der Waals surface area contributed by atoms with Crippen LogP contribution in [0.5, 0.6) is 5.75 Å². The molecule has 3 aliphatic rings. The Hall–Kier alpha value is -3.26. The Balaban J connectivity index is 1.98. The normalized spacial score (nSPS) is 35.4. The third-order valence-electron chi connectivity index (χ3n) is 8.80. The zero-order valence-corrected chi connectivity index (χ0v) is 21.9. The van der Waals surface area contributed by atoms with Crippen LogP contribution >= 0.6 is 0 Å². The average molecular weight is 509 g/mol. The molecule has 3 aliphatic carbocycles. The number of hydrogen-bond donors (Lipinski definition) is 2. The van der Waals surface area contributed by atoms with Gasteiger partial charge in [-0.15, -0.1) is 0 Å². The predicted octanol–water partition coefficient (Wildman–Crippen LogP) is 2.70. The summed E-state index contributed by atoms with van der Waals surface area (Å²) in [4.78, 5) is 79.1. The number of fused-ring (bicyclic) bond motifs is 3. The molecule has 1 aromatic rings. The van der Waals surface area contributed by atoms with E-state index in [1.165, 1.54) is 26.0 Å². The maximum absolute atomic E-state index is 14.2. The van der Waals surface area contributed by atoms with Gasteiger partial charge in [0.05, 0.1) is 11.5 Å². The molecule has 37 heavy (non-hydrogen) atoms. The summed E-state index contributed by atoms with van der Waals surface area (Å²) < 4.78 is 0. The number of carbonyl (C=O) groups is 6. The van der Waals surface area contributed by atoms with Crippen LogP contribution in [0.1, 0.15) is 69.4 Å². The first-order valence-corrected chi connectivity index (χ1v) is 12.5. The quantitative estimate of drug-likeness (QED) is 0.467. The molecular formula is C29H32O8. The minimum atomic E-state index is -2.72. The van der Waals surface area contributed by atoms with Crippen molar-refractivity contribution in [3.8, 4) is 5.75 Å². The SMILES string of the molecule is CC(=O)C=Cc1ccc(O)c2c1C[C@]1(C)C[C@]3(C)C(C(C)C)C(=O)C(C(C)=O)C(=O)[C@]3(O)C(=O)C1C2=O. The molecule has 0 saturated heterocycles. The minimum Gasteiger partial charge on any atom is -0.507 e. The van der Waals surface area contributed by atoms with Gasteiger partial charge in [0.1, 0.15) is 17.5 Å². The highest BCUT2D eigenvalue weighted by Crippen LogP contribution is 2.63. The Morgan fingerprint density at radius 3 is 2.22 bits per heavy atom. The first kappa shape index (κ1) is 26.8. The second-order valence-electron chi connectivity index (χ2n) is 11.8. The van der Waals surface area contributed by atoms with Crippen molar-refractivity contribution in [1.29, 1.82) is 0 Å². The van der Waals surface area contributed by atoms with Crippen LogP contribution < -0.4 is 0 Å². The van der Waals surface area contributed by atoms with Crippen molar-refractivity contribution in [1.82, 2.24) is 0 Å². The van der Waals surface area contributed by atoms with Gasteiger partial charge in [0.15, 0.2) is 34.5 Å². The molecule has 2 N–H and O–H groups in total. The van der Waals surface area contributed by atoms with E-state index >= 15 is 0 Å². The van der Waals surface area contributed by atoms with Gasteiger partial charge in [-0.1, -0.05) is 39.8 Å². The summed E-state index contributed by atoms with van der Waals surface area (Å²) >= 11 is 0. The molecule has 0 amide bonds. The predicted molar refractivity (Wildman–Crippen MR) is 133 cm³/mol. The Bertz CT molecular complexity index is 1320. The molecule has 0 aromatic heterocycles. The van der Waals surface area contributed by atoms with Gasteiger partial charge in [0.2, 0.25) is 0 Å². The third kappa shape index (κ3) is 3.45. The summed E-state index contributed by atoms with van der Waals surface area (Å²) in [6.45, 7) is 9.19. The second kappa shape index (κ2) is 8.38. The maximum Gasteiger partial charge on any atom is 0.190 e. The average Bonchev–Trinajstić information content (AvgIpc) is 2.75. The number of phenols is 1. The molecule has 3 unspecified atom stereocenters. The summed E-state index contributed by atoms with van der Waals surface area (Å²) in [5, 5.41) is 22.6. The first-order chi connectivity index (χ1) is 17.0. The van der Waals surface area contributed by atoms with Crippen molar-refractivity contribution in [2.75, 3.05) is 0 Å². The number of ketones is 6. The van der Waals surface area contributed by atoms with Gasteiger partial charge in [-0.05, 0) is 61.3 Å². The van der Waals surface area contributed by atoms with Gasteiger partial charge in [0, 0.05) is 11.3 Å². The fraction of sp³-hybridized carbons (Fsp3) is 0.517. The number of aliphatic hydroxyl groups is 1. The minimum absolute atomic E-state index is 0.0193. The number of phenolic OH excluding ortho intramolecular Hbond substituents is 1. The summed E-state index contributed by atoms with van der Waals surface area (Å²) in [5.41, 5.74) is -4.48. The standard InChI is InChI=1S/C29H32O8/c1-13(2)21-23(33)19(15(4)31)25(35)29(37)26(36)22-24(34)20-17(11-27(22,5)12-28(21,29)6)16(8-7-14(3)30)9-10-18(20)32/h7-10,13,19,21-22,32,37H,11-12H2,1-6H3/t19?,21?,22?,27-,28-,29+/m1/s1. The molecule has 0 aliphatic heterocycles. The van der Waals surface area contributed by atoms with E-state index in [4.69, 9.17) is 0 Å². The van der Waals surface area contributed by atoms with Crippen molar-refractivity contribution in [3.05, 3.63) is 34.9 Å². The van der Waals surface area contributed by atoms with Crippen molar-refractivity contribution in [2.45, 2.75) is 60.0 Å². The van der Waals surface area contributed by atoms with E-state index in [0.29, 0.717) is 11.1 Å². The van der Waals surface area contributed by atoms with Crippen LogP contribution in [0.3, 0.4) is 0 Å². The van der Waals surface area contributed by atoms with Crippen LogP contribution in [0, 0.1) is 34.5 Å². The van der Waals surface area contributed by atoms with E-state index < -0.39 is 69.0 Å². The van der Waals surface area contributed by atoms with Gasteiger partial charge in [-0.2, -0.15) is 0 Å². The monoisotopic (exact) mass is 508 g/mol. The number of rotatable bonds is 4. The highest BCUT2D eigenvalue weighted by atomic mass is 16.3. The highest BCUT2D eigenvalue weighted by Gasteiger charge is 2.76. The van der Waals surface area contributed by atoms with E-state index in [-0.39, 0.29) is 29.9 Å². The van der Waals surface area contributed by atoms with E-state index in [0.717, 1.165) is 6.92 Å². The lowest BCUT2D eigenvalue weighted by Crippen LogP contribution is -2.76. The Labute approximate surface area is 215 Å². The number of allylic oxidation sites excluding steroid dienone is 1. The maximum atomic E-state index is 14.2. The van der Waals surface area contributed by atoms with Gasteiger partial charge in [0.25, 0.3) is 0 Å². The number of carbonyl (C=O) groups excluding carboxylic acids is 6. The molecule has 8 nitrogen and oxygen atoms in total. The molecule has 2 saturated carbocycles. The topological polar surface area (TPSA) is 143 Å². The van der Waals surface area contributed by atoms with Crippen LogP contribution in [-0.2, 0) is 30.4 Å². The number of aromatic hydroxyl groups is 1. The van der Waals surface area contributed by atoms with Crippen molar-refractivity contribution in [2.24, 2.45) is 34.5 Å². The first-order valence-electron chi connectivity index (χ1n) is 12.5. The molecule has 196 valence electrons. The van der Waals surface area contributed by atoms with E-state index in [1.807, 2.05) is 0 Å². The zero-order valence-electron chi connectivity index (χ0n) is 21.9. The largest absolute Gasteiger partial charge is 0.507 e. The molecule has 4 rings (SSSR count). The molecular weight excluding hydrogens is 476 g/mol. The van der Waals surface area contributed by atoms with Crippen LogP contribution in [0.15, 0.2) is 18.2 Å². The molecule has 1 aromatic carbocycles. The Morgan fingerprint density at radius 2 is 1.68 bits per heavy atom. The smallest absolute Gasteiger partial charge is 0.190 e. The summed E-state index contributed by atoms with van der Waals surface area (Å²) in [7, 11) is 0. The zero-order chi connectivity index (χ0) is 27.8. The Morgan fingerprint density at radius 1 is 1.05 bits per heavy atom. The molecule has 8 heteroatoms. The molecule has 6 atom stereocenters. The van der Waals surface area contributed by atoms with Gasteiger partial charge < -0.3 is 10.2 Å². The van der Waals surface area contributed by atoms with E-state index in [9.17, 15) is 39.0 Å². The molecule has 0 heterocycles. The number of benzene rings is 1. The Kier molecular flexibility index (Phi) is 6.07. The number of Topliss-reactive ketones (excluding diaryl/α,β-unsaturated/α-hetero) is 5. The van der Waals surface area contributed by atoms with Crippen LogP contribution in [-0.4, -0.2) is 50.5 Å². The van der Waals surface area contributed by atoms with Gasteiger partial charge in [-0.3, -0.25) is 28.8 Å². The van der Waals surface area contributed by atoms with E-state index in [2.05, 4.69) is 0 Å². The molecule has 0 radical (unpaired) electrons. The lowest BCUT2D eigenvalue weighted by Gasteiger charge is -2.61. The molecule has 0 spiro atoms. The van der Waals surface area contributed by atoms with Gasteiger partial charge >= 0.3 is 0 Å². The summed E-state index contributed by atoms with van der Waals surface area (Å²) in [6.07, 6.45) is 3.00. The molecule has 0 bridgehead atoms. The van der Waals surface area contributed by atoms with Crippen molar-refractivity contribution in [3.63, 3.8) is 0 Å². The fourth-order valence-corrected chi connectivity index (χ4v) is 7.52. The molecule has 2 fully saturated rings. The van der Waals surface area contributed by atoms with Crippen LogP contribution in [0.2, 0.25) is 0 Å².